The second-order valence-corrected chi connectivity index (χ2v) is 4.95. The van der Waals surface area contributed by atoms with Crippen LogP contribution in [-0.4, -0.2) is 41.7 Å². The van der Waals surface area contributed by atoms with Gasteiger partial charge in [0.2, 0.25) is 5.91 Å². The average molecular weight is 248 g/mol. The Bertz CT molecular complexity index is 403. The zero-order valence-corrected chi connectivity index (χ0v) is 10.7. The summed E-state index contributed by atoms with van der Waals surface area (Å²) in [6, 6.07) is 7.75. The van der Waals surface area contributed by atoms with Crippen LogP contribution >= 0.6 is 0 Å². The van der Waals surface area contributed by atoms with Gasteiger partial charge in [0.05, 0.1) is 12.6 Å². The maximum absolute atomic E-state index is 11.8. The summed E-state index contributed by atoms with van der Waals surface area (Å²) in [5.74, 6) is -0.0204. The van der Waals surface area contributed by atoms with Gasteiger partial charge < -0.3 is 10.4 Å². The molecular formula is C14H20N2O2. The van der Waals surface area contributed by atoms with E-state index in [2.05, 4.69) is 5.32 Å². The SMILES string of the molecule is Cc1ccc(NC(=O)CN2CCCC(O)C2)cc1. The predicted molar refractivity (Wildman–Crippen MR) is 71.5 cm³/mol. The molecule has 2 rings (SSSR count). The van der Waals surface area contributed by atoms with Crippen LogP contribution < -0.4 is 5.32 Å². The molecule has 0 spiro atoms. The fourth-order valence-corrected chi connectivity index (χ4v) is 2.22. The molecule has 1 unspecified atom stereocenters. The van der Waals surface area contributed by atoms with Crippen LogP contribution in [0.5, 0.6) is 0 Å². The average Bonchev–Trinajstić information content (AvgIpc) is 2.32. The molecule has 4 nitrogen and oxygen atoms in total. The van der Waals surface area contributed by atoms with Gasteiger partial charge in [0.25, 0.3) is 0 Å². The number of hydrogen-bond acceptors (Lipinski definition) is 3. The van der Waals surface area contributed by atoms with Crippen molar-refractivity contribution in [2.24, 2.45) is 0 Å². The van der Waals surface area contributed by atoms with E-state index in [-0.39, 0.29) is 12.0 Å². The Hall–Kier alpha value is -1.39. The van der Waals surface area contributed by atoms with E-state index >= 15 is 0 Å². The second kappa shape index (κ2) is 5.98. The molecule has 2 N–H and O–H groups in total. The molecule has 1 aliphatic rings. The summed E-state index contributed by atoms with van der Waals surface area (Å²) >= 11 is 0. The number of aliphatic hydroxyl groups is 1. The highest BCUT2D eigenvalue weighted by molar-refractivity contribution is 5.92. The highest BCUT2D eigenvalue weighted by atomic mass is 16.3. The van der Waals surface area contributed by atoms with E-state index in [0.29, 0.717) is 13.1 Å². The molecule has 1 saturated heterocycles. The molecule has 4 heteroatoms. The second-order valence-electron chi connectivity index (χ2n) is 4.95. The van der Waals surface area contributed by atoms with Crippen LogP contribution in [-0.2, 0) is 4.79 Å². The number of nitrogens with zero attached hydrogens (tertiary/aromatic N) is 1. The molecule has 0 aromatic heterocycles. The summed E-state index contributed by atoms with van der Waals surface area (Å²) in [7, 11) is 0. The fraction of sp³-hybridized carbons (Fsp3) is 0.500. The maximum Gasteiger partial charge on any atom is 0.238 e. The van der Waals surface area contributed by atoms with Crippen molar-refractivity contribution >= 4 is 11.6 Å². The van der Waals surface area contributed by atoms with Crippen molar-refractivity contribution in [1.82, 2.24) is 4.90 Å². The molecule has 18 heavy (non-hydrogen) atoms. The van der Waals surface area contributed by atoms with Crippen LogP contribution in [0.2, 0.25) is 0 Å². The quantitative estimate of drug-likeness (QED) is 0.850. The highest BCUT2D eigenvalue weighted by Gasteiger charge is 2.19. The number of aliphatic hydroxyl groups excluding tert-OH is 1. The van der Waals surface area contributed by atoms with Crippen molar-refractivity contribution in [3.8, 4) is 0 Å². The fourth-order valence-electron chi connectivity index (χ4n) is 2.22. The number of β-amino-alcohol motifs (C(OH)–C–C–N with tert-alkyl or cyclic N) is 1. The highest BCUT2D eigenvalue weighted by Crippen LogP contribution is 2.11. The summed E-state index contributed by atoms with van der Waals surface area (Å²) in [5, 5.41) is 12.4. The normalized spacial score (nSPS) is 20.7. The summed E-state index contributed by atoms with van der Waals surface area (Å²) in [5.41, 5.74) is 2.00. The van der Waals surface area contributed by atoms with Crippen LogP contribution in [0, 0.1) is 6.92 Å². The number of carbonyl (C=O) groups excluding carboxylic acids is 1. The van der Waals surface area contributed by atoms with E-state index in [1.165, 1.54) is 5.56 Å². The largest absolute Gasteiger partial charge is 0.392 e. The number of rotatable bonds is 3. The Morgan fingerprint density at radius 2 is 2.17 bits per heavy atom. The first-order chi connectivity index (χ1) is 8.63. The zero-order chi connectivity index (χ0) is 13.0. The van der Waals surface area contributed by atoms with E-state index in [4.69, 9.17) is 0 Å². The lowest BCUT2D eigenvalue weighted by Crippen LogP contribution is -2.42. The molecule has 1 fully saturated rings. The van der Waals surface area contributed by atoms with Crippen LogP contribution in [0.15, 0.2) is 24.3 Å². The van der Waals surface area contributed by atoms with Gasteiger partial charge in [-0.15, -0.1) is 0 Å². The number of nitrogens with one attached hydrogen (secondary N) is 1. The summed E-state index contributed by atoms with van der Waals surface area (Å²) in [4.78, 5) is 13.8. The van der Waals surface area contributed by atoms with Gasteiger partial charge in [0.1, 0.15) is 0 Å². The Kier molecular flexibility index (Phi) is 4.33. The van der Waals surface area contributed by atoms with Gasteiger partial charge in [-0.1, -0.05) is 17.7 Å². The van der Waals surface area contributed by atoms with Gasteiger partial charge in [-0.05, 0) is 38.4 Å². The number of hydrogen-bond donors (Lipinski definition) is 2. The Labute approximate surface area is 108 Å². The lowest BCUT2D eigenvalue weighted by Gasteiger charge is -2.29. The summed E-state index contributed by atoms with van der Waals surface area (Å²) in [6.45, 7) is 3.85. The minimum Gasteiger partial charge on any atom is -0.392 e. The maximum atomic E-state index is 11.8. The summed E-state index contributed by atoms with van der Waals surface area (Å²) in [6.07, 6.45) is 1.51. The van der Waals surface area contributed by atoms with Crippen molar-refractivity contribution in [3.05, 3.63) is 29.8 Å². The first-order valence-corrected chi connectivity index (χ1v) is 6.40. The monoisotopic (exact) mass is 248 g/mol. The lowest BCUT2D eigenvalue weighted by atomic mass is 10.1. The first kappa shape index (κ1) is 13.1. The molecule has 0 saturated carbocycles. The van der Waals surface area contributed by atoms with E-state index in [0.717, 1.165) is 25.1 Å². The third-order valence-corrected chi connectivity index (χ3v) is 3.18. The molecule has 1 aromatic carbocycles. The van der Waals surface area contributed by atoms with Crippen molar-refractivity contribution in [1.29, 1.82) is 0 Å². The van der Waals surface area contributed by atoms with Gasteiger partial charge in [-0.2, -0.15) is 0 Å². The van der Waals surface area contributed by atoms with Gasteiger partial charge in [0.15, 0.2) is 0 Å². The molecule has 1 atom stereocenters. The van der Waals surface area contributed by atoms with Gasteiger partial charge >= 0.3 is 0 Å². The van der Waals surface area contributed by atoms with Crippen LogP contribution in [0.4, 0.5) is 5.69 Å². The minimum atomic E-state index is -0.286. The molecule has 0 aliphatic carbocycles. The molecule has 0 bridgehead atoms. The molecule has 1 aromatic rings. The smallest absolute Gasteiger partial charge is 0.238 e. The topological polar surface area (TPSA) is 52.6 Å². The van der Waals surface area contributed by atoms with Crippen molar-refractivity contribution < 1.29 is 9.90 Å². The van der Waals surface area contributed by atoms with Crippen LogP contribution in [0.3, 0.4) is 0 Å². The molecule has 98 valence electrons. The third kappa shape index (κ3) is 3.82. The zero-order valence-electron chi connectivity index (χ0n) is 10.7. The molecule has 0 radical (unpaired) electrons. The van der Waals surface area contributed by atoms with E-state index in [9.17, 15) is 9.90 Å². The minimum absolute atomic E-state index is 0.0204. The van der Waals surface area contributed by atoms with E-state index < -0.39 is 0 Å². The molecule has 1 amide bonds. The Balaban J connectivity index is 1.83. The number of aryl methyl sites for hydroxylation is 1. The predicted octanol–water partition coefficient (Wildman–Crippen LogP) is 1.39. The lowest BCUT2D eigenvalue weighted by molar-refractivity contribution is -0.118. The van der Waals surface area contributed by atoms with E-state index in [1.807, 2.05) is 36.1 Å². The Morgan fingerprint density at radius 1 is 1.44 bits per heavy atom. The molecular weight excluding hydrogens is 228 g/mol. The van der Waals surface area contributed by atoms with Gasteiger partial charge in [0, 0.05) is 12.2 Å². The number of benzene rings is 1. The van der Waals surface area contributed by atoms with Gasteiger partial charge in [-0.3, -0.25) is 9.69 Å². The molecule has 1 heterocycles. The first-order valence-electron chi connectivity index (χ1n) is 6.40. The number of piperidine rings is 1. The number of anilines is 1. The molecule has 1 aliphatic heterocycles. The number of carbonyl (C=O) groups is 1. The third-order valence-electron chi connectivity index (χ3n) is 3.18. The standard InChI is InChI=1S/C14H20N2O2/c1-11-4-6-12(7-5-11)15-14(18)10-16-8-2-3-13(17)9-16/h4-7,13,17H,2-3,8-10H2,1H3,(H,15,18). The van der Waals surface area contributed by atoms with Gasteiger partial charge in [-0.25, -0.2) is 0 Å². The number of likely N-dealkylation sites (tertiary alicyclic amines) is 1. The van der Waals surface area contributed by atoms with Crippen molar-refractivity contribution in [2.45, 2.75) is 25.9 Å². The summed E-state index contributed by atoms with van der Waals surface area (Å²) < 4.78 is 0. The van der Waals surface area contributed by atoms with Crippen molar-refractivity contribution in [2.75, 3.05) is 25.0 Å². The van der Waals surface area contributed by atoms with E-state index in [1.54, 1.807) is 0 Å². The van der Waals surface area contributed by atoms with Crippen LogP contribution in [0.1, 0.15) is 18.4 Å². The van der Waals surface area contributed by atoms with Crippen molar-refractivity contribution in [3.63, 3.8) is 0 Å². The Morgan fingerprint density at radius 3 is 2.83 bits per heavy atom. The van der Waals surface area contributed by atoms with Crippen LogP contribution in [0.25, 0.3) is 0 Å². The number of amides is 1.